The topological polar surface area (TPSA) is 81.4 Å². The van der Waals surface area contributed by atoms with Crippen molar-refractivity contribution in [3.8, 4) is 5.75 Å². The van der Waals surface area contributed by atoms with Crippen molar-refractivity contribution in [3.63, 3.8) is 0 Å². The van der Waals surface area contributed by atoms with Crippen molar-refractivity contribution in [2.24, 2.45) is 11.7 Å². The highest BCUT2D eigenvalue weighted by Gasteiger charge is 2.28. The van der Waals surface area contributed by atoms with Gasteiger partial charge in [0, 0.05) is 17.1 Å². The first kappa shape index (κ1) is 17.7. The van der Waals surface area contributed by atoms with E-state index in [0.717, 1.165) is 25.7 Å². The molecule has 0 spiro atoms. The molecule has 1 aliphatic rings. The molecule has 0 aromatic heterocycles. The second kappa shape index (κ2) is 7.77. The number of benzene rings is 1. The standard InChI is InChI=1S/C15H23BrN2O3S/c1-21-12-7-8-15(13(16)9-12)22(19,20)18-14(10-17)11-5-3-2-4-6-11/h7-9,11,14,18H,2-6,10,17H2,1H3. The van der Waals surface area contributed by atoms with E-state index in [4.69, 9.17) is 10.5 Å². The lowest BCUT2D eigenvalue weighted by Crippen LogP contribution is -2.45. The molecule has 0 aliphatic heterocycles. The van der Waals surface area contributed by atoms with Crippen LogP contribution in [-0.4, -0.2) is 28.1 Å². The van der Waals surface area contributed by atoms with E-state index < -0.39 is 10.0 Å². The van der Waals surface area contributed by atoms with Gasteiger partial charge in [-0.15, -0.1) is 0 Å². The van der Waals surface area contributed by atoms with Gasteiger partial charge in [0.1, 0.15) is 5.75 Å². The quantitative estimate of drug-likeness (QED) is 0.781. The van der Waals surface area contributed by atoms with Crippen molar-refractivity contribution in [3.05, 3.63) is 22.7 Å². The second-order valence-electron chi connectivity index (χ2n) is 5.66. The Bertz CT molecular complexity index is 601. The molecule has 0 bridgehead atoms. The Balaban J connectivity index is 2.18. The number of nitrogens with one attached hydrogen (secondary N) is 1. The monoisotopic (exact) mass is 390 g/mol. The van der Waals surface area contributed by atoms with Crippen LogP contribution in [0.15, 0.2) is 27.6 Å². The van der Waals surface area contributed by atoms with E-state index in [-0.39, 0.29) is 10.9 Å². The van der Waals surface area contributed by atoms with Crippen LogP contribution in [0.25, 0.3) is 0 Å². The Morgan fingerprint density at radius 3 is 2.59 bits per heavy atom. The van der Waals surface area contributed by atoms with Gasteiger partial charge in [0.2, 0.25) is 10.0 Å². The molecule has 0 saturated heterocycles. The molecule has 1 aromatic carbocycles. The van der Waals surface area contributed by atoms with Gasteiger partial charge in [0.15, 0.2) is 0 Å². The first-order valence-electron chi connectivity index (χ1n) is 7.54. The van der Waals surface area contributed by atoms with Crippen LogP contribution in [0.3, 0.4) is 0 Å². The van der Waals surface area contributed by atoms with Crippen LogP contribution in [0.1, 0.15) is 32.1 Å². The van der Waals surface area contributed by atoms with Crippen molar-refractivity contribution in [2.45, 2.75) is 43.0 Å². The van der Waals surface area contributed by atoms with Crippen molar-refractivity contribution in [1.82, 2.24) is 4.72 Å². The van der Waals surface area contributed by atoms with Gasteiger partial charge in [-0.25, -0.2) is 13.1 Å². The summed E-state index contributed by atoms with van der Waals surface area (Å²) >= 11 is 3.30. The van der Waals surface area contributed by atoms with E-state index in [1.54, 1.807) is 25.3 Å². The molecule has 1 atom stereocenters. The van der Waals surface area contributed by atoms with Crippen molar-refractivity contribution >= 4 is 26.0 Å². The number of hydrogen-bond donors (Lipinski definition) is 2. The van der Waals surface area contributed by atoms with Crippen LogP contribution in [-0.2, 0) is 10.0 Å². The van der Waals surface area contributed by atoms with E-state index in [2.05, 4.69) is 20.7 Å². The third-order valence-corrected chi connectivity index (χ3v) is 6.67. The molecule has 5 nitrogen and oxygen atoms in total. The molecular weight excluding hydrogens is 368 g/mol. The van der Waals surface area contributed by atoms with E-state index in [1.165, 1.54) is 6.42 Å². The molecule has 1 saturated carbocycles. The Hall–Kier alpha value is -0.630. The molecule has 1 aliphatic carbocycles. The van der Waals surface area contributed by atoms with Gasteiger partial charge < -0.3 is 10.5 Å². The number of sulfonamides is 1. The Kier molecular flexibility index (Phi) is 6.26. The van der Waals surface area contributed by atoms with E-state index in [1.807, 2.05) is 0 Å². The third-order valence-electron chi connectivity index (χ3n) is 4.21. The Morgan fingerprint density at radius 2 is 2.05 bits per heavy atom. The summed E-state index contributed by atoms with van der Waals surface area (Å²) in [6.45, 7) is 0.317. The van der Waals surface area contributed by atoms with Crippen LogP contribution >= 0.6 is 15.9 Å². The maximum absolute atomic E-state index is 12.6. The van der Waals surface area contributed by atoms with E-state index >= 15 is 0 Å². The number of ether oxygens (including phenoxy) is 1. The minimum atomic E-state index is -3.61. The summed E-state index contributed by atoms with van der Waals surface area (Å²) in [5.41, 5.74) is 5.81. The highest BCUT2D eigenvalue weighted by Crippen LogP contribution is 2.29. The molecule has 2 rings (SSSR count). The summed E-state index contributed by atoms with van der Waals surface area (Å²) in [4.78, 5) is 0.211. The second-order valence-corrected chi connectivity index (χ2v) is 8.19. The number of halogens is 1. The summed E-state index contributed by atoms with van der Waals surface area (Å²) in [5, 5.41) is 0. The first-order chi connectivity index (χ1) is 10.5. The van der Waals surface area contributed by atoms with Gasteiger partial charge in [-0.05, 0) is 52.9 Å². The van der Waals surface area contributed by atoms with Crippen LogP contribution in [0.4, 0.5) is 0 Å². The fourth-order valence-corrected chi connectivity index (χ4v) is 5.34. The zero-order chi connectivity index (χ0) is 16.2. The first-order valence-corrected chi connectivity index (χ1v) is 9.81. The lowest BCUT2D eigenvalue weighted by molar-refractivity contribution is 0.294. The molecule has 1 aromatic rings. The van der Waals surface area contributed by atoms with Crippen LogP contribution in [0.5, 0.6) is 5.75 Å². The SMILES string of the molecule is COc1ccc(S(=O)(=O)NC(CN)C2CCCCC2)c(Br)c1. The minimum Gasteiger partial charge on any atom is -0.497 e. The predicted octanol–water partition coefficient (Wildman–Crippen LogP) is 2.64. The molecule has 0 radical (unpaired) electrons. The average Bonchev–Trinajstić information content (AvgIpc) is 2.53. The lowest BCUT2D eigenvalue weighted by Gasteiger charge is -2.30. The smallest absolute Gasteiger partial charge is 0.241 e. The highest BCUT2D eigenvalue weighted by atomic mass is 79.9. The van der Waals surface area contributed by atoms with Crippen molar-refractivity contribution < 1.29 is 13.2 Å². The zero-order valence-corrected chi connectivity index (χ0v) is 15.1. The van der Waals surface area contributed by atoms with Gasteiger partial charge in [-0.1, -0.05) is 19.3 Å². The van der Waals surface area contributed by atoms with Gasteiger partial charge in [0.05, 0.1) is 12.0 Å². The summed E-state index contributed by atoms with van der Waals surface area (Å²) in [5.74, 6) is 0.930. The lowest BCUT2D eigenvalue weighted by atomic mass is 9.84. The fourth-order valence-electron chi connectivity index (χ4n) is 2.96. The maximum atomic E-state index is 12.6. The summed E-state index contributed by atoms with van der Waals surface area (Å²) in [6, 6.07) is 4.61. The summed E-state index contributed by atoms with van der Waals surface area (Å²) in [7, 11) is -2.07. The normalized spacial score (nSPS) is 18.1. The highest BCUT2D eigenvalue weighted by molar-refractivity contribution is 9.10. The number of methoxy groups -OCH3 is 1. The molecule has 7 heteroatoms. The molecule has 3 N–H and O–H groups in total. The number of rotatable bonds is 6. The van der Waals surface area contributed by atoms with E-state index in [0.29, 0.717) is 22.7 Å². The number of nitrogens with two attached hydrogens (primary N) is 1. The maximum Gasteiger partial charge on any atom is 0.241 e. The Morgan fingerprint density at radius 1 is 1.36 bits per heavy atom. The predicted molar refractivity (Wildman–Crippen MR) is 90.4 cm³/mol. The summed E-state index contributed by atoms with van der Waals surface area (Å²) < 4.78 is 33.6. The molecule has 1 fully saturated rings. The summed E-state index contributed by atoms with van der Waals surface area (Å²) in [6.07, 6.45) is 5.59. The van der Waals surface area contributed by atoms with Crippen LogP contribution < -0.4 is 15.2 Å². The average molecular weight is 391 g/mol. The van der Waals surface area contributed by atoms with Crippen molar-refractivity contribution in [1.29, 1.82) is 0 Å². The van der Waals surface area contributed by atoms with E-state index in [9.17, 15) is 8.42 Å². The zero-order valence-electron chi connectivity index (χ0n) is 12.7. The van der Waals surface area contributed by atoms with Gasteiger partial charge in [0.25, 0.3) is 0 Å². The Labute approximate surface area is 140 Å². The van der Waals surface area contributed by atoms with Gasteiger partial charge in [-0.2, -0.15) is 0 Å². The van der Waals surface area contributed by atoms with Crippen LogP contribution in [0, 0.1) is 5.92 Å². The molecule has 0 heterocycles. The molecule has 124 valence electrons. The number of hydrogen-bond acceptors (Lipinski definition) is 4. The minimum absolute atomic E-state index is 0.209. The van der Waals surface area contributed by atoms with Crippen molar-refractivity contribution in [2.75, 3.05) is 13.7 Å². The van der Waals surface area contributed by atoms with Gasteiger partial charge >= 0.3 is 0 Å². The molecule has 0 amide bonds. The van der Waals surface area contributed by atoms with Crippen LogP contribution in [0.2, 0.25) is 0 Å². The molecule has 22 heavy (non-hydrogen) atoms. The molecular formula is C15H23BrN2O3S. The fraction of sp³-hybridized carbons (Fsp3) is 0.600. The largest absolute Gasteiger partial charge is 0.497 e. The van der Waals surface area contributed by atoms with Gasteiger partial charge in [-0.3, -0.25) is 0 Å². The molecule has 1 unspecified atom stereocenters. The third kappa shape index (κ3) is 4.22.